The molecule has 180 valence electrons. The Balaban J connectivity index is 1.70. The number of aromatic hydroxyl groups is 1. The van der Waals surface area contributed by atoms with E-state index in [0.717, 1.165) is 5.56 Å². The van der Waals surface area contributed by atoms with E-state index in [0.29, 0.717) is 29.0 Å². The molecule has 0 spiro atoms. The topological polar surface area (TPSA) is 96.3 Å². The fraction of sp³-hybridized carbons (Fsp3) is 0.214. The van der Waals surface area contributed by atoms with Gasteiger partial charge in [0.1, 0.15) is 23.9 Å². The van der Waals surface area contributed by atoms with Crippen molar-refractivity contribution in [3.8, 4) is 11.5 Å². The Morgan fingerprint density at radius 3 is 2.37 bits per heavy atom. The molecule has 7 nitrogen and oxygen atoms in total. The first-order valence-corrected chi connectivity index (χ1v) is 11.2. The highest BCUT2D eigenvalue weighted by Crippen LogP contribution is 2.40. The average molecular weight is 474 g/mol. The van der Waals surface area contributed by atoms with Gasteiger partial charge in [-0.15, -0.1) is 0 Å². The molecule has 1 heterocycles. The molecule has 35 heavy (non-hydrogen) atoms. The van der Waals surface area contributed by atoms with Gasteiger partial charge >= 0.3 is 0 Å². The first-order chi connectivity index (χ1) is 16.9. The summed E-state index contributed by atoms with van der Waals surface area (Å²) in [6.45, 7) is 2.61. The van der Waals surface area contributed by atoms with Crippen LogP contribution in [0.1, 0.15) is 28.3 Å². The van der Waals surface area contributed by atoms with Gasteiger partial charge in [-0.25, -0.2) is 0 Å². The number of hydrogen-bond donors (Lipinski definition) is 2. The molecule has 1 fully saturated rings. The number of ketones is 1. The Hall–Kier alpha value is -4.10. The van der Waals surface area contributed by atoms with Crippen molar-refractivity contribution in [1.29, 1.82) is 0 Å². The monoisotopic (exact) mass is 473 g/mol. The van der Waals surface area contributed by atoms with E-state index in [1.807, 2.05) is 30.3 Å². The third-order valence-corrected chi connectivity index (χ3v) is 5.99. The lowest BCUT2D eigenvalue weighted by atomic mass is 9.94. The lowest BCUT2D eigenvalue weighted by Crippen LogP contribution is -2.32. The van der Waals surface area contributed by atoms with Crippen molar-refractivity contribution in [2.24, 2.45) is 0 Å². The number of methoxy groups -OCH3 is 1. The number of Topliss-reactive ketones (excluding diaryl/α,β-unsaturated/α-hetero) is 1. The van der Waals surface area contributed by atoms with E-state index in [1.165, 1.54) is 24.1 Å². The fourth-order valence-corrected chi connectivity index (χ4v) is 4.18. The molecular formula is C28H27NO6. The molecule has 0 aromatic heterocycles. The van der Waals surface area contributed by atoms with E-state index < -0.39 is 17.7 Å². The molecule has 0 unspecified atom stereocenters. The molecule has 0 aliphatic carbocycles. The van der Waals surface area contributed by atoms with E-state index in [4.69, 9.17) is 9.47 Å². The maximum Gasteiger partial charge on any atom is 0.295 e. The molecule has 0 bridgehead atoms. The van der Waals surface area contributed by atoms with Gasteiger partial charge in [-0.05, 0) is 53.9 Å². The Kier molecular flexibility index (Phi) is 7.17. The van der Waals surface area contributed by atoms with Gasteiger partial charge in [0, 0.05) is 19.2 Å². The summed E-state index contributed by atoms with van der Waals surface area (Å²) in [7, 11) is 1.51. The van der Waals surface area contributed by atoms with Crippen LogP contribution < -0.4 is 4.74 Å². The van der Waals surface area contributed by atoms with E-state index in [2.05, 4.69) is 0 Å². The number of rotatable bonds is 8. The van der Waals surface area contributed by atoms with Crippen molar-refractivity contribution >= 4 is 17.4 Å². The van der Waals surface area contributed by atoms with Crippen LogP contribution in [-0.2, 0) is 20.9 Å². The van der Waals surface area contributed by atoms with Crippen molar-refractivity contribution in [1.82, 2.24) is 4.90 Å². The summed E-state index contributed by atoms with van der Waals surface area (Å²) in [5.41, 5.74) is 2.76. The fourth-order valence-electron chi connectivity index (χ4n) is 4.18. The zero-order chi connectivity index (χ0) is 24.9. The van der Waals surface area contributed by atoms with Crippen LogP contribution in [0.3, 0.4) is 0 Å². The second-order valence-corrected chi connectivity index (χ2v) is 8.33. The molecule has 1 saturated heterocycles. The highest BCUT2D eigenvalue weighted by molar-refractivity contribution is 6.46. The number of phenolic OH excluding ortho intramolecular Hbond substituents is 1. The molecule has 3 aromatic carbocycles. The number of hydrogen-bond acceptors (Lipinski definition) is 6. The van der Waals surface area contributed by atoms with Crippen molar-refractivity contribution in [2.75, 3.05) is 20.3 Å². The lowest BCUT2D eigenvalue weighted by molar-refractivity contribution is -0.140. The minimum atomic E-state index is -0.806. The number of aliphatic hydroxyl groups excluding tert-OH is 1. The van der Waals surface area contributed by atoms with Gasteiger partial charge in [0.25, 0.3) is 11.7 Å². The highest BCUT2D eigenvalue weighted by atomic mass is 16.5. The van der Waals surface area contributed by atoms with Gasteiger partial charge in [-0.2, -0.15) is 0 Å². The van der Waals surface area contributed by atoms with E-state index in [-0.39, 0.29) is 30.2 Å². The SMILES string of the molecule is COCCN1C(=O)C(=O)C(=C(O)c2ccc(OCc3ccccc3)cc2C)[C@@H]1c1ccc(O)cc1. The minimum absolute atomic E-state index is 0.00199. The van der Waals surface area contributed by atoms with Gasteiger partial charge in [0.15, 0.2) is 0 Å². The number of ether oxygens (including phenoxy) is 2. The second kappa shape index (κ2) is 10.4. The number of aliphatic hydroxyl groups is 1. The molecule has 2 N–H and O–H groups in total. The van der Waals surface area contributed by atoms with Gasteiger partial charge in [0.05, 0.1) is 18.2 Å². The summed E-state index contributed by atoms with van der Waals surface area (Å²) in [6, 6.07) is 20.4. The van der Waals surface area contributed by atoms with Gasteiger partial charge in [0.2, 0.25) is 0 Å². The smallest absolute Gasteiger partial charge is 0.295 e. The average Bonchev–Trinajstić information content (AvgIpc) is 3.12. The van der Waals surface area contributed by atoms with Crippen LogP contribution >= 0.6 is 0 Å². The zero-order valence-electron chi connectivity index (χ0n) is 19.6. The molecular weight excluding hydrogens is 446 g/mol. The Labute approximate surface area is 203 Å². The quantitative estimate of drug-likeness (QED) is 0.287. The predicted molar refractivity (Wildman–Crippen MR) is 131 cm³/mol. The molecule has 0 radical (unpaired) electrons. The number of benzene rings is 3. The summed E-state index contributed by atoms with van der Waals surface area (Å²) in [5, 5.41) is 21.0. The summed E-state index contributed by atoms with van der Waals surface area (Å²) in [6.07, 6.45) is 0. The molecule has 7 heteroatoms. The summed E-state index contributed by atoms with van der Waals surface area (Å²) < 4.78 is 11.0. The molecule has 1 aliphatic rings. The summed E-state index contributed by atoms with van der Waals surface area (Å²) >= 11 is 0. The Morgan fingerprint density at radius 1 is 1.00 bits per heavy atom. The maximum absolute atomic E-state index is 13.1. The van der Waals surface area contributed by atoms with Crippen LogP contribution in [0.5, 0.6) is 11.5 Å². The summed E-state index contributed by atoms with van der Waals surface area (Å²) in [5.74, 6) is -1.04. The van der Waals surface area contributed by atoms with E-state index in [1.54, 1.807) is 37.3 Å². The van der Waals surface area contributed by atoms with Crippen LogP contribution in [0.2, 0.25) is 0 Å². The van der Waals surface area contributed by atoms with Gasteiger partial charge in [-0.3, -0.25) is 9.59 Å². The summed E-state index contributed by atoms with van der Waals surface area (Å²) in [4.78, 5) is 27.3. The first kappa shape index (κ1) is 24.0. The number of amides is 1. The lowest BCUT2D eigenvalue weighted by Gasteiger charge is -2.25. The number of carbonyl (C=O) groups is 2. The highest BCUT2D eigenvalue weighted by Gasteiger charge is 2.46. The van der Waals surface area contributed by atoms with Crippen LogP contribution in [0.25, 0.3) is 5.76 Å². The predicted octanol–water partition coefficient (Wildman–Crippen LogP) is 4.35. The van der Waals surface area contributed by atoms with Crippen molar-refractivity contribution in [3.63, 3.8) is 0 Å². The van der Waals surface area contributed by atoms with E-state index in [9.17, 15) is 19.8 Å². The van der Waals surface area contributed by atoms with Gasteiger partial charge in [-0.1, -0.05) is 42.5 Å². The zero-order valence-corrected chi connectivity index (χ0v) is 19.6. The number of phenols is 1. The Morgan fingerprint density at radius 2 is 1.71 bits per heavy atom. The van der Waals surface area contributed by atoms with Gasteiger partial charge < -0.3 is 24.6 Å². The standard InChI is InChI=1S/C28H27NO6/c1-18-16-22(35-17-19-6-4-3-5-7-19)12-13-23(18)26(31)24-25(20-8-10-21(30)11-9-20)29(14-15-34-2)28(33)27(24)32/h3-13,16,25,30-31H,14-15,17H2,1-2H3/t25-/m0/s1. The maximum atomic E-state index is 13.1. The minimum Gasteiger partial charge on any atom is -0.508 e. The largest absolute Gasteiger partial charge is 0.508 e. The third-order valence-electron chi connectivity index (χ3n) is 5.99. The molecule has 1 amide bonds. The van der Waals surface area contributed by atoms with Crippen molar-refractivity contribution < 1.29 is 29.3 Å². The van der Waals surface area contributed by atoms with Crippen molar-refractivity contribution in [3.05, 3.63) is 101 Å². The number of likely N-dealkylation sites (tertiary alicyclic amines) is 1. The van der Waals surface area contributed by atoms with Crippen LogP contribution in [0.15, 0.2) is 78.4 Å². The molecule has 0 saturated carbocycles. The first-order valence-electron chi connectivity index (χ1n) is 11.2. The molecule has 4 rings (SSSR count). The number of aryl methyl sites for hydroxylation is 1. The molecule has 1 aliphatic heterocycles. The normalized spacial score (nSPS) is 17.1. The third kappa shape index (κ3) is 5.05. The van der Waals surface area contributed by atoms with Crippen LogP contribution in [-0.4, -0.2) is 47.1 Å². The second-order valence-electron chi connectivity index (χ2n) is 8.33. The van der Waals surface area contributed by atoms with Crippen molar-refractivity contribution in [2.45, 2.75) is 19.6 Å². The number of nitrogens with zero attached hydrogens (tertiary/aromatic N) is 1. The van der Waals surface area contributed by atoms with Crippen LogP contribution in [0.4, 0.5) is 0 Å². The number of carbonyl (C=O) groups excluding carboxylic acids is 2. The van der Waals surface area contributed by atoms with E-state index >= 15 is 0 Å². The molecule has 3 aromatic rings. The Bertz CT molecular complexity index is 1250. The molecule has 1 atom stereocenters. The van der Waals surface area contributed by atoms with Crippen LogP contribution in [0, 0.1) is 6.92 Å².